The van der Waals surface area contributed by atoms with Crippen LogP contribution in [0.3, 0.4) is 0 Å². The Kier molecular flexibility index (Phi) is 8.51. The van der Waals surface area contributed by atoms with Gasteiger partial charge < -0.3 is 14.4 Å². The molecule has 2 aromatic heterocycles. The first kappa shape index (κ1) is 26.8. The van der Waals surface area contributed by atoms with Gasteiger partial charge in [0.2, 0.25) is 5.91 Å². The van der Waals surface area contributed by atoms with Crippen LogP contribution in [0.15, 0.2) is 33.9 Å². The van der Waals surface area contributed by atoms with Gasteiger partial charge in [0.15, 0.2) is 5.13 Å². The van der Waals surface area contributed by atoms with Crippen LogP contribution >= 0.6 is 22.7 Å². The highest BCUT2D eigenvalue weighted by molar-refractivity contribution is 7.91. The van der Waals surface area contributed by atoms with Gasteiger partial charge in [-0.05, 0) is 63.5 Å². The predicted octanol–water partition coefficient (Wildman–Crippen LogP) is 3.90. The molecule has 0 N–H and O–H groups in total. The smallest absolute Gasteiger partial charge is 0.253 e. The number of amides is 1. The zero-order valence-corrected chi connectivity index (χ0v) is 23.4. The van der Waals surface area contributed by atoms with Crippen LogP contribution in [0.1, 0.15) is 25.7 Å². The molecule has 0 spiro atoms. The second kappa shape index (κ2) is 11.4. The second-order valence-electron chi connectivity index (χ2n) is 8.85. The summed E-state index contributed by atoms with van der Waals surface area (Å²) in [7, 11) is 3.37. The number of thiophene rings is 1. The fourth-order valence-electron chi connectivity index (χ4n) is 4.38. The van der Waals surface area contributed by atoms with Crippen molar-refractivity contribution in [2.45, 2.75) is 35.9 Å². The van der Waals surface area contributed by atoms with Gasteiger partial charge in [-0.3, -0.25) is 9.69 Å². The minimum absolute atomic E-state index is 0.245. The van der Waals surface area contributed by atoms with Crippen molar-refractivity contribution in [2.24, 2.45) is 0 Å². The predicted molar refractivity (Wildman–Crippen MR) is 144 cm³/mol. The molecule has 3 heterocycles. The van der Waals surface area contributed by atoms with E-state index in [0.29, 0.717) is 48.1 Å². The van der Waals surface area contributed by atoms with Crippen LogP contribution in [0.4, 0.5) is 5.13 Å². The van der Waals surface area contributed by atoms with Crippen molar-refractivity contribution in [1.82, 2.24) is 14.2 Å². The van der Waals surface area contributed by atoms with Gasteiger partial charge >= 0.3 is 0 Å². The van der Waals surface area contributed by atoms with E-state index in [1.807, 2.05) is 20.2 Å². The summed E-state index contributed by atoms with van der Waals surface area (Å²) in [5, 5.41) is 2.25. The molecule has 36 heavy (non-hydrogen) atoms. The Morgan fingerprint density at radius 2 is 1.89 bits per heavy atom. The van der Waals surface area contributed by atoms with Crippen molar-refractivity contribution in [3.05, 3.63) is 29.6 Å². The average Bonchev–Trinajstić information content (AvgIpc) is 3.57. The van der Waals surface area contributed by atoms with Crippen LogP contribution in [0, 0.1) is 0 Å². The fraction of sp³-hybridized carbons (Fsp3) is 0.500. The molecule has 9 nitrogen and oxygen atoms in total. The lowest BCUT2D eigenvalue weighted by Crippen LogP contribution is -2.53. The quantitative estimate of drug-likeness (QED) is 0.377. The van der Waals surface area contributed by atoms with Gasteiger partial charge in [0.25, 0.3) is 10.0 Å². The summed E-state index contributed by atoms with van der Waals surface area (Å²) in [6.45, 7) is 1.53. The summed E-state index contributed by atoms with van der Waals surface area (Å²) in [6, 6.07) is 6.14. The van der Waals surface area contributed by atoms with Crippen molar-refractivity contribution in [1.29, 1.82) is 0 Å². The average molecular weight is 553 g/mol. The number of thiazole rings is 1. The molecular weight excluding hydrogens is 520 g/mol. The van der Waals surface area contributed by atoms with Gasteiger partial charge in [0, 0.05) is 13.1 Å². The normalized spacial score (nSPS) is 17.0. The molecular formula is C24H32N4O5S3. The molecule has 1 amide bonds. The zero-order valence-electron chi connectivity index (χ0n) is 21.0. The summed E-state index contributed by atoms with van der Waals surface area (Å²) in [5.74, 6) is 0.994. The summed E-state index contributed by atoms with van der Waals surface area (Å²) in [5.41, 5.74) is 0.619. The second-order valence-corrected chi connectivity index (χ2v) is 12.9. The number of carbonyl (C=O) groups excluding carboxylic acids is 1. The van der Waals surface area contributed by atoms with E-state index in [9.17, 15) is 13.2 Å². The highest BCUT2D eigenvalue weighted by Crippen LogP contribution is 2.41. The number of hydrogen-bond donors (Lipinski definition) is 0. The number of aromatic nitrogens is 1. The first-order valence-corrected chi connectivity index (χ1v) is 14.9. The number of carbonyl (C=O) groups is 1. The molecule has 1 saturated heterocycles. The van der Waals surface area contributed by atoms with Gasteiger partial charge in [-0.1, -0.05) is 23.8 Å². The highest BCUT2D eigenvalue weighted by atomic mass is 32.2. The first-order chi connectivity index (χ1) is 17.3. The number of methoxy groups -OCH3 is 2. The number of hydrogen-bond acceptors (Lipinski definition) is 9. The summed E-state index contributed by atoms with van der Waals surface area (Å²) >= 11 is 2.53. The lowest BCUT2D eigenvalue weighted by molar-refractivity contribution is -0.123. The van der Waals surface area contributed by atoms with Crippen molar-refractivity contribution in [3.8, 4) is 11.5 Å². The minimum atomic E-state index is -3.77. The Morgan fingerprint density at radius 3 is 2.56 bits per heavy atom. The molecule has 1 atom stereocenters. The van der Waals surface area contributed by atoms with E-state index in [0.717, 1.165) is 24.1 Å². The molecule has 1 unspecified atom stereocenters. The molecule has 1 aliphatic heterocycles. The van der Waals surface area contributed by atoms with Crippen molar-refractivity contribution < 1.29 is 22.7 Å². The van der Waals surface area contributed by atoms with Crippen molar-refractivity contribution >= 4 is 54.0 Å². The molecule has 1 fully saturated rings. The Bertz CT molecular complexity index is 1250. The Balaban J connectivity index is 1.74. The molecule has 0 radical (unpaired) electrons. The third kappa shape index (κ3) is 5.37. The maximum atomic E-state index is 14.1. The SMILES string of the molecule is COc1ccc(OC)c2sc(N(CCCN(C)C)C(=O)C3CCCCN3S(=O)(=O)c3cccs3)nc12. The van der Waals surface area contributed by atoms with E-state index in [1.54, 1.807) is 42.7 Å². The summed E-state index contributed by atoms with van der Waals surface area (Å²) < 4.78 is 40.4. The summed E-state index contributed by atoms with van der Waals surface area (Å²) in [6.07, 6.45) is 2.71. The number of nitrogens with zero attached hydrogens (tertiary/aromatic N) is 4. The van der Waals surface area contributed by atoms with Crippen LogP contribution in [-0.2, 0) is 14.8 Å². The van der Waals surface area contributed by atoms with E-state index in [-0.39, 0.29) is 10.1 Å². The molecule has 0 aliphatic carbocycles. The largest absolute Gasteiger partial charge is 0.495 e. The van der Waals surface area contributed by atoms with Crippen LogP contribution < -0.4 is 14.4 Å². The van der Waals surface area contributed by atoms with E-state index >= 15 is 0 Å². The maximum absolute atomic E-state index is 14.1. The lowest BCUT2D eigenvalue weighted by atomic mass is 10.0. The Morgan fingerprint density at radius 1 is 1.14 bits per heavy atom. The number of piperidine rings is 1. The van der Waals surface area contributed by atoms with Crippen LogP contribution in [0.5, 0.6) is 11.5 Å². The van der Waals surface area contributed by atoms with Crippen molar-refractivity contribution in [3.63, 3.8) is 0 Å². The zero-order chi connectivity index (χ0) is 25.9. The maximum Gasteiger partial charge on any atom is 0.253 e. The topological polar surface area (TPSA) is 92.3 Å². The monoisotopic (exact) mass is 552 g/mol. The van der Waals surface area contributed by atoms with E-state index < -0.39 is 16.1 Å². The number of sulfonamides is 1. The minimum Gasteiger partial charge on any atom is -0.495 e. The molecule has 0 saturated carbocycles. The lowest BCUT2D eigenvalue weighted by Gasteiger charge is -2.36. The van der Waals surface area contributed by atoms with Gasteiger partial charge in [-0.2, -0.15) is 4.31 Å². The number of benzene rings is 1. The van der Waals surface area contributed by atoms with Crippen LogP contribution in [0.25, 0.3) is 10.2 Å². The van der Waals surface area contributed by atoms with Crippen molar-refractivity contribution in [2.75, 3.05) is 52.8 Å². The molecule has 1 aliphatic rings. The van der Waals surface area contributed by atoms with Gasteiger partial charge in [0.1, 0.15) is 32.0 Å². The van der Waals surface area contributed by atoms with Gasteiger partial charge in [-0.15, -0.1) is 11.3 Å². The van der Waals surface area contributed by atoms with Crippen LogP contribution in [0.2, 0.25) is 0 Å². The number of fused-ring (bicyclic) bond motifs is 1. The molecule has 3 aromatic rings. The molecule has 0 bridgehead atoms. The van der Waals surface area contributed by atoms with Crippen LogP contribution in [-0.4, -0.2) is 82.5 Å². The number of anilines is 1. The van der Waals surface area contributed by atoms with E-state index in [1.165, 1.54) is 27.0 Å². The summed E-state index contributed by atoms with van der Waals surface area (Å²) in [4.78, 5) is 22.6. The standard InChI is InChI=1S/C24H32N4O5S3/c1-26(2)13-8-14-27(24-25-21-18(32-3)11-12-19(33-4)22(21)35-24)23(29)17-9-5-6-15-28(17)36(30,31)20-10-7-16-34-20/h7,10-12,16-17H,5-6,8-9,13-15H2,1-4H3. The molecule has 4 rings (SSSR count). The third-order valence-corrected chi connectivity index (χ3v) is 10.6. The fourth-order valence-corrected chi connectivity index (χ4v) is 8.26. The number of rotatable bonds is 10. The molecule has 196 valence electrons. The third-order valence-electron chi connectivity index (χ3n) is 6.18. The van der Waals surface area contributed by atoms with Gasteiger partial charge in [0.05, 0.1) is 14.2 Å². The van der Waals surface area contributed by atoms with E-state index in [2.05, 4.69) is 4.90 Å². The molecule has 1 aromatic carbocycles. The molecule has 12 heteroatoms. The van der Waals surface area contributed by atoms with Gasteiger partial charge in [-0.25, -0.2) is 13.4 Å². The Labute approximate surface area is 220 Å². The first-order valence-electron chi connectivity index (χ1n) is 11.8. The number of ether oxygens (including phenoxy) is 2. The highest BCUT2D eigenvalue weighted by Gasteiger charge is 2.40. The Hall–Kier alpha value is -2.25. The van der Waals surface area contributed by atoms with E-state index in [4.69, 9.17) is 14.5 Å².